The highest BCUT2D eigenvalue weighted by molar-refractivity contribution is 7.10. The number of carboxylic acids is 1. The lowest BCUT2D eigenvalue weighted by Crippen LogP contribution is -2.42. The van der Waals surface area contributed by atoms with Crippen molar-refractivity contribution < 1.29 is 23.5 Å². The van der Waals surface area contributed by atoms with Crippen molar-refractivity contribution in [3.63, 3.8) is 0 Å². The molecule has 1 aliphatic rings. The summed E-state index contributed by atoms with van der Waals surface area (Å²) in [4.78, 5) is 22.6. The molecule has 0 bridgehead atoms. The van der Waals surface area contributed by atoms with Crippen LogP contribution in [-0.4, -0.2) is 29.6 Å². The second kappa shape index (κ2) is 6.95. The Morgan fingerprint density at radius 1 is 1.52 bits per heavy atom. The maximum absolute atomic E-state index is 12.9. The van der Waals surface area contributed by atoms with Crippen LogP contribution in [0.2, 0.25) is 0 Å². The van der Waals surface area contributed by atoms with Gasteiger partial charge >= 0.3 is 5.97 Å². The number of hydrogen-bond donors (Lipinski definition) is 3. The molecule has 1 fully saturated rings. The van der Waals surface area contributed by atoms with Crippen LogP contribution in [0.5, 0.6) is 0 Å². The molecule has 1 saturated heterocycles. The Bertz CT molecular complexity index is 533. The number of thiophene rings is 1. The van der Waals surface area contributed by atoms with Gasteiger partial charge in [0.15, 0.2) is 0 Å². The van der Waals surface area contributed by atoms with Crippen LogP contribution < -0.4 is 10.6 Å². The highest BCUT2D eigenvalue weighted by atomic mass is 32.1. The maximum Gasteiger partial charge on any atom is 0.336 e. The van der Waals surface area contributed by atoms with Gasteiger partial charge in [0.05, 0.1) is 16.5 Å². The summed E-state index contributed by atoms with van der Waals surface area (Å²) >= 11 is 0.733. The van der Waals surface area contributed by atoms with Gasteiger partial charge in [0.1, 0.15) is 0 Å². The Balaban J connectivity index is 2.12. The SMILES string of the molecule is O=C(O)c1csc(C(F)F)c1CN[C@H]1CCCCNC1=O. The van der Waals surface area contributed by atoms with Crippen LogP contribution >= 0.6 is 11.3 Å². The first-order valence-electron chi connectivity index (χ1n) is 6.63. The summed E-state index contributed by atoms with van der Waals surface area (Å²) in [6.07, 6.45) is -0.371. The van der Waals surface area contributed by atoms with E-state index in [0.717, 1.165) is 24.2 Å². The minimum Gasteiger partial charge on any atom is -0.478 e. The zero-order valence-electron chi connectivity index (χ0n) is 11.2. The molecule has 0 saturated carbocycles. The summed E-state index contributed by atoms with van der Waals surface area (Å²) in [6.45, 7) is 0.557. The van der Waals surface area contributed by atoms with Gasteiger partial charge in [0, 0.05) is 24.0 Å². The van der Waals surface area contributed by atoms with Gasteiger partial charge in [-0.05, 0) is 19.3 Å². The van der Waals surface area contributed by atoms with E-state index in [0.29, 0.717) is 13.0 Å². The molecule has 0 spiro atoms. The molecule has 1 aliphatic heterocycles. The van der Waals surface area contributed by atoms with Crippen molar-refractivity contribution in [1.82, 2.24) is 10.6 Å². The fourth-order valence-corrected chi connectivity index (χ4v) is 3.22. The van der Waals surface area contributed by atoms with Crippen molar-refractivity contribution in [1.29, 1.82) is 0 Å². The van der Waals surface area contributed by atoms with Crippen LogP contribution in [0.3, 0.4) is 0 Å². The smallest absolute Gasteiger partial charge is 0.336 e. The van der Waals surface area contributed by atoms with Crippen LogP contribution in [0.4, 0.5) is 8.78 Å². The number of rotatable bonds is 5. The molecule has 1 aromatic rings. The average molecular weight is 318 g/mol. The minimum absolute atomic E-state index is 0.0527. The molecule has 0 radical (unpaired) electrons. The topological polar surface area (TPSA) is 78.4 Å². The van der Waals surface area contributed by atoms with Crippen molar-refractivity contribution in [2.24, 2.45) is 0 Å². The molecule has 116 valence electrons. The molecule has 0 unspecified atom stereocenters. The molecule has 0 aromatic carbocycles. The van der Waals surface area contributed by atoms with E-state index in [4.69, 9.17) is 5.11 Å². The van der Waals surface area contributed by atoms with Gasteiger partial charge in [0.2, 0.25) is 5.91 Å². The molecular formula is C13H16F2N2O3S. The third kappa shape index (κ3) is 3.76. The molecule has 2 rings (SSSR count). The second-order valence-electron chi connectivity index (χ2n) is 4.82. The number of halogens is 2. The summed E-state index contributed by atoms with van der Waals surface area (Å²) in [5, 5.41) is 15.9. The number of carbonyl (C=O) groups excluding carboxylic acids is 1. The van der Waals surface area contributed by atoms with E-state index in [1.807, 2.05) is 0 Å². The van der Waals surface area contributed by atoms with Gasteiger partial charge in [0.25, 0.3) is 6.43 Å². The normalized spacial score (nSPS) is 19.4. The molecule has 1 aromatic heterocycles. The van der Waals surface area contributed by atoms with E-state index in [-0.39, 0.29) is 28.5 Å². The van der Waals surface area contributed by atoms with Gasteiger partial charge in [-0.2, -0.15) is 0 Å². The lowest BCUT2D eigenvalue weighted by molar-refractivity contribution is -0.122. The molecule has 5 nitrogen and oxygen atoms in total. The van der Waals surface area contributed by atoms with E-state index >= 15 is 0 Å². The molecule has 3 N–H and O–H groups in total. The molecule has 2 heterocycles. The molecule has 1 amide bonds. The monoisotopic (exact) mass is 318 g/mol. The minimum atomic E-state index is -2.72. The zero-order valence-corrected chi connectivity index (χ0v) is 12.0. The van der Waals surface area contributed by atoms with Gasteiger partial charge in [-0.1, -0.05) is 0 Å². The van der Waals surface area contributed by atoms with E-state index < -0.39 is 18.4 Å². The van der Waals surface area contributed by atoms with E-state index in [1.54, 1.807) is 0 Å². The van der Waals surface area contributed by atoms with Crippen LogP contribution in [0, 0.1) is 0 Å². The number of nitrogens with one attached hydrogen (secondary N) is 2. The van der Waals surface area contributed by atoms with Gasteiger partial charge < -0.3 is 15.7 Å². The standard InChI is InChI=1S/C13H16F2N2O3S/c14-11(15)10-7(8(6-21-10)13(19)20)5-17-9-3-1-2-4-16-12(9)18/h6,9,11,17H,1-5H2,(H,16,18)(H,19,20)/t9-/m0/s1. The molecule has 21 heavy (non-hydrogen) atoms. The zero-order chi connectivity index (χ0) is 15.4. The number of hydrogen-bond acceptors (Lipinski definition) is 4. The third-order valence-corrected chi connectivity index (χ3v) is 4.45. The highest BCUT2D eigenvalue weighted by Gasteiger charge is 2.25. The number of carbonyl (C=O) groups is 2. The second-order valence-corrected chi connectivity index (χ2v) is 5.73. The fraction of sp³-hybridized carbons (Fsp3) is 0.538. The van der Waals surface area contributed by atoms with Crippen LogP contribution in [0.25, 0.3) is 0 Å². The number of aromatic carboxylic acids is 1. The van der Waals surface area contributed by atoms with Crippen molar-refractivity contribution in [3.8, 4) is 0 Å². The van der Waals surface area contributed by atoms with E-state index in [9.17, 15) is 18.4 Å². The van der Waals surface area contributed by atoms with Crippen molar-refractivity contribution in [2.45, 2.75) is 38.3 Å². The fourth-order valence-electron chi connectivity index (χ4n) is 2.30. The van der Waals surface area contributed by atoms with Crippen molar-refractivity contribution in [3.05, 3.63) is 21.4 Å². The Morgan fingerprint density at radius 3 is 2.95 bits per heavy atom. The average Bonchev–Trinajstić information content (AvgIpc) is 2.75. The molecule has 8 heteroatoms. The summed E-state index contributed by atoms with van der Waals surface area (Å²) in [7, 11) is 0. The molecular weight excluding hydrogens is 302 g/mol. The molecule has 1 atom stereocenters. The van der Waals surface area contributed by atoms with E-state index in [1.165, 1.54) is 5.38 Å². The quantitative estimate of drug-likeness (QED) is 0.777. The first-order chi connectivity index (χ1) is 10.0. The van der Waals surface area contributed by atoms with Crippen LogP contribution in [-0.2, 0) is 11.3 Å². The lowest BCUT2D eigenvalue weighted by Gasteiger charge is -2.16. The Labute approximate surface area is 124 Å². The summed E-state index contributed by atoms with van der Waals surface area (Å²) in [6, 6.07) is -0.473. The third-order valence-electron chi connectivity index (χ3n) is 3.42. The highest BCUT2D eigenvalue weighted by Crippen LogP contribution is 2.32. The Morgan fingerprint density at radius 2 is 2.29 bits per heavy atom. The van der Waals surface area contributed by atoms with E-state index in [2.05, 4.69) is 10.6 Å². The van der Waals surface area contributed by atoms with Gasteiger partial charge in [-0.15, -0.1) is 11.3 Å². The summed E-state index contributed by atoms with van der Waals surface area (Å²) < 4.78 is 25.8. The maximum atomic E-state index is 12.9. The first kappa shape index (κ1) is 15.8. The van der Waals surface area contributed by atoms with Crippen molar-refractivity contribution >= 4 is 23.2 Å². The lowest BCUT2D eigenvalue weighted by atomic mass is 10.1. The van der Waals surface area contributed by atoms with Crippen molar-refractivity contribution in [2.75, 3.05) is 6.54 Å². The van der Waals surface area contributed by atoms with Gasteiger partial charge in [-0.25, -0.2) is 13.6 Å². The van der Waals surface area contributed by atoms with Crippen LogP contribution in [0.1, 0.15) is 46.5 Å². The summed E-state index contributed by atoms with van der Waals surface area (Å²) in [5.41, 5.74) is -0.0589. The predicted molar refractivity (Wildman–Crippen MR) is 73.7 cm³/mol. The van der Waals surface area contributed by atoms with Gasteiger partial charge in [-0.3, -0.25) is 4.79 Å². The number of carboxylic acid groups (broad SMARTS) is 1. The number of amides is 1. The number of alkyl halides is 2. The largest absolute Gasteiger partial charge is 0.478 e. The predicted octanol–water partition coefficient (Wildman–Crippen LogP) is 2.14. The first-order valence-corrected chi connectivity index (χ1v) is 7.51. The Hall–Kier alpha value is -1.54. The molecule has 0 aliphatic carbocycles. The Kier molecular flexibility index (Phi) is 5.24. The van der Waals surface area contributed by atoms with Crippen LogP contribution in [0.15, 0.2) is 5.38 Å². The summed E-state index contributed by atoms with van der Waals surface area (Å²) in [5.74, 6) is -1.40.